The van der Waals surface area contributed by atoms with Gasteiger partial charge in [0.25, 0.3) is 0 Å². The van der Waals surface area contributed by atoms with Gasteiger partial charge in [-0.3, -0.25) is 9.62 Å². The first-order valence-electron chi connectivity index (χ1n) is 10.6. The second-order valence-corrected chi connectivity index (χ2v) is 7.93. The van der Waals surface area contributed by atoms with Crippen molar-refractivity contribution in [2.45, 2.75) is 6.54 Å². The largest absolute Gasteiger partial charge is 0.493 e. The first-order chi connectivity index (χ1) is 17.4. The van der Waals surface area contributed by atoms with Crippen LogP contribution in [0.2, 0.25) is 0 Å². The van der Waals surface area contributed by atoms with Gasteiger partial charge < -0.3 is 19.5 Å². The summed E-state index contributed by atoms with van der Waals surface area (Å²) in [4.78, 5) is 25.8. The molecule has 0 saturated carbocycles. The average molecular weight is 511 g/mol. The minimum Gasteiger partial charge on any atom is -0.493 e. The van der Waals surface area contributed by atoms with Crippen molar-refractivity contribution in [1.29, 1.82) is 0 Å². The number of halogens is 1. The highest BCUT2D eigenvalue weighted by atomic mass is 32.1. The maximum atomic E-state index is 13.1. The molecule has 0 saturated heterocycles. The number of carbonyl (C=O) groups is 1. The van der Waals surface area contributed by atoms with Crippen molar-refractivity contribution < 1.29 is 23.4 Å². The number of hydrogen-bond donors (Lipinski definition) is 3. The van der Waals surface area contributed by atoms with Crippen molar-refractivity contribution in [3.8, 4) is 17.2 Å². The Bertz CT molecular complexity index is 1360. The fourth-order valence-electron chi connectivity index (χ4n) is 3.34. The molecule has 2 aromatic heterocycles. The van der Waals surface area contributed by atoms with Crippen molar-refractivity contribution in [1.82, 2.24) is 19.3 Å². The highest BCUT2D eigenvalue weighted by molar-refractivity contribution is 7.78. The number of pyridine rings is 1. The maximum absolute atomic E-state index is 13.1. The van der Waals surface area contributed by atoms with Gasteiger partial charge in [0.1, 0.15) is 17.2 Å². The lowest BCUT2D eigenvalue weighted by Crippen LogP contribution is -2.27. The first-order valence-corrected chi connectivity index (χ1v) is 11.0. The molecule has 186 valence electrons. The molecule has 10 nitrogen and oxygen atoms in total. The molecule has 0 aliphatic carbocycles. The first kappa shape index (κ1) is 24.8. The van der Waals surface area contributed by atoms with Gasteiger partial charge in [-0.25, -0.2) is 24.1 Å². The summed E-state index contributed by atoms with van der Waals surface area (Å²) >= 11 is 4.22. The average Bonchev–Trinajstić information content (AvgIpc) is 2.89. The Morgan fingerprint density at radius 2 is 1.64 bits per heavy atom. The zero-order valence-corrected chi connectivity index (χ0v) is 20.5. The number of hydrogen-bond acceptors (Lipinski definition) is 9. The molecule has 0 fully saturated rings. The Balaban J connectivity index is 1.51. The smallest absolute Gasteiger partial charge is 0.333 e. The van der Waals surface area contributed by atoms with Crippen LogP contribution in [0.3, 0.4) is 0 Å². The van der Waals surface area contributed by atoms with Gasteiger partial charge in [0.2, 0.25) is 5.75 Å². The third kappa shape index (κ3) is 5.66. The van der Waals surface area contributed by atoms with Crippen molar-refractivity contribution >= 4 is 47.3 Å². The molecule has 2 N–H and O–H groups in total. The van der Waals surface area contributed by atoms with Gasteiger partial charge in [0.05, 0.1) is 34.1 Å². The van der Waals surface area contributed by atoms with Crippen LogP contribution in [-0.2, 0) is 6.54 Å². The number of amides is 2. The van der Waals surface area contributed by atoms with E-state index in [9.17, 15) is 9.18 Å². The van der Waals surface area contributed by atoms with Crippen LogP contribution in [0.25, 0.3) is 11.2 Å². The minimum atomic E-state index is -0.505. The second-order valence-electron chi connectivity index (χ2n) is 7.45. The molecule has 36 heavy (non-hydrogen) atoms. The van der Waals surface area contributed by atoms with Gasteiger partial charge in [-0.1, -0.05) is 24.9 Å². The van der Waals surface area contributed by atoms with Crippen LogP contribution in [0, 0.1) is 5.82 Å². The van der Waals surface area contributed by atoms with Gasteiger partial charge >= 0.3 is 6.03 Å². The molecule has 0 aliphatic rings. The molecule has 12 heteroatoms. The van der Waals surface area contributed by atoms with E-state index >= 15 is 0 Å². The molecule has 2 aromatic carbocycles. The number of thiol groups is 1. The summed E-state index contributed by atoms with van der Waals surface area (Å²) in [5.74, 6) is 1.76. The number of anilines is 3. The van der Waals surface area contributed by atoms with Crippen LogP contribution in [0.4, 0.5) is 26.5 Å². The van der Waals surface area contributed by atoms with Crippen molar-refractivity contribution in [2.75, 3.05) is 32.0 Å². The number of nitrogens with zero attached hydrogens (tertiary/aromatic N) is 4. The third-order valence-electron chi connectivity index (χ3n) is 5.06. The lowest BCUT2D eigenvalue weighted by Gasteiger charge is -2.16. The maximum Gasteiger partial charge on any atom is 0.333 e. The third-order valence-corrected chi connectivity index (χ3v) is 5.38. The van der Waals surface area contributed by atoms with E-state index in [2.05, 4.69) is 38.4 Å². The normalized spacial score (nSPS) is 10.6. The molecule has 2 amide bonds. The fourth-order valence-corrected chi connectivity index (χ4v) is 3.55. The number of benzene rings is 2. The number of fused-ring (bicyclic) bond motifs is 1. The number of urea groups is 1. The predicted octanol–water partition coefficient (Wildman–Crippen LogP) is 4.81. The number of carbonyl (C=O) groups excluding carboxylic acids is 1. The molecule has 0 bridgehead atoms. The highest BCUT2D eigenvalue weighted by Crippen LogP contribution is 2.40. The van der Waals surface area contributed by atoms with E-state index in [1.165, 1.54) is 33.5 Å². The standard InChI is InChI=1S/C24H23FN6O4S/c1-33-18-10-16(11-19(34-2)22(18)35-3)27-21-12-26-17-8-9-20(28-23(17)29-21)30-24(32)31(36)13-14-4-6-15(25)7-5-14/h4-12,36H,13H2,1-3H3,(H2,27,28,29,30,32). The molecular formula is C24H23FN6O4S. The van der Waals surface area contributed by atoms with Crippen LogP contribution in [-0.4, -0.2) is 46.6 Å². The SMILES string of the molecule is COc1cc(Nc2cnc3ccc(NC(=O)N(S)Cc4ccc(F)cc4)nc3n2)cc(OC)c1OC. The van der Waals surface area contributed by atoms with Gasteiger partial charge in [0.15, 0.2) is 23.0 Å². The topological polar surface area (TPSA) is 111 Å². The zero-order valence-electron chi connectivity index (χ0n) is 19.7. The van der Waals surface area contributed by atoms with Crippen molar-refractivity contribution in [3.63, 3.8) is 0 Å². The summed E-state index contributed by atoms with van der Waals surface area (Å²) in [5.41, 5.74) is 2.21. The van der Waals surface area contributed by atoms with Crippen LogP contribution in [0.15, 0.2) is 54.7 Å². The summed E-state index contributed by atoms with van der Waals surface area (Å²) in [5, 5.41) is 5.81. The van der Waals surface area contributed by atoms with E-state index in [-0.39, 0.29) is 18.2 Å². The van der Waals surface area contributed by atoms with Crippen LogP contribution in [0.5, 0.6) is 17.2 Å². The molecule has 4 aromatic rings. The van der Waals surface area contributed by atoms with Crippen LogP contribution in [0.1, 0.15) is 5.56 Å². The number of ether oxygens (including phenoxy) is 3. The lowest BCUT2D eigenvalue weighted by atomic mass is 10.2. The van der Waals surface area contributed by atoms with Gasteiger partial charge in [-0.05, 0) is 29.8 Å². The highest BCUT2D eigenvalue weighted by Gasteiger charge is 2.15. The van der Waals surface area contributed by atoms with E-state index < -0.39 is 6.03 Å². The Labute approximate surface area is 212 Å². The fraction of sp³-hybridized carbons (Fsp3) is 0.167. The summed E-state index contributed by atoms with van der Waals surface area (Å²) in [6, 6.07) is 12.1. The van der Waals surface area contributed by atoms with E-state index in [0.717, 1.165) is 9.87 Å². The summed E-state index contributed by atoms with van der Waals surface area (Å²) in [6.07, 6.45) is 1.56. The molecule has 0 unspecified atom stereocenters. The van der Waals surface area contributed by atoms with E-state index in [1.54, 1.807) is 42.6 Å². The second kappa shape index (κ2) is 11.0. The van der Waals surface area contributed by atoms with Gasteiger partial charge in [-0.2, -0.15) is 0 Å². The van der Waals surface area contributed by atoms with Crippen molar-refractivity contribution in [3.05, 3.63) is 66.1 Å². The number of aromatic nitrogens is 3. The minimum absolute atomic E-state index is 0.172. The quantitative estimate of drug-likeness (QED) is 0.290. The Hall–Kier alpha value is -4.32. The molecule has 2 heterocycles. The molecule has 0 aliphatic heterocycles. The number of rotatable bonds is 8. The van der Waals surface area contributed by atoms with Gasteiger partial charge in [0, 0.05) is 17.8 Å². The molecule has 0 radical (unpaired) electrons. The summed E-state index contributed by atoms with van der Waals surface area (Å²) in [6.45, 7) is 0.172. The summed E-state index contributed by atoms with van der Waals surface area (Å²) < 4.78 is 30.4. The van der Waals surface area contributed by atoms with Gasteiger partial charge in [-0.15, -0.1) is 0 Å². The molecule has 0 spiro atoms. The molecule has 4 rings (SSSR count). The Kier molecular flexibility index (Phi) is 7.54. The van der Waals surface area contributed by atoms with E-state index in [0.29, 0.717) is 39.9 Å². The summed E-state index contributed by atoms with van der Waals surface area (Å²) in [7, 11) is 4.59. The number of methoxy groups -OCH3 is 3. The van der Waals surface area contributed by atoms with E-state index in [4.69, 9.17) is 14.2 Å². The van der Waals surface area contributed by atoms with Crippen molar-refractivity contribution in [2.24, 2.45) is 0 Å². The monoisotopic (exact) mass is 510 g/mol. The molecular weight excluding hydrogens is 487 g/mol. The number of nitrogens with one attached hydrogen (secondary N) is 2. The Morgan fingerprint density at radius 3 is 2.28 bits per heavy atom. The van der Waals surface area contributed by atoms with Crippen LogP contribution < -0.4 is 24.8 Å². The zero-order chi connectivity index (χ0) is 25.7. The lowest BCUT2D eigenvalue weighted by molar-refractivity contribution is 0.238. The van der Waals surface area contributed by atoms with E-state index in [1.807, 2.05) is 0 Å². The Morgan fingerprint density at radius 1 is 0.972 bits per heavy atom. The predicted molar refractivity (Wildman–Crippen MR) is 137 cm³/mol. The molecule has 0 atom stereocenters. The van der Waals surface area contributed by atoms with Crippen LogP contribution >= 0.6 is 12.8 Å².